The molecule has 0 unspecified atom stereocenters. The molecule has 1 atom stereocenters. The molecule has 1 aliphatic rings. The first-order valence-corrected chi connectivity index (χ1v) is 7.47. The van der Waals surface area contributed by atoms with Gasteiger partial charge in [-0.05, 0) is 19.1 Å². The van der Waals surface area contributed by atoms with Crippen molar-refractivity contribution >= 4 is 5.97 Å². The van der Waals surface area contributed by atoms with E-state index in [9.17, 15) is 4.79 Å². The first-order valence-electron chi connectivity index (χ1n) is 7.47. The van der Waals surface area contributed by atoms with Crippen molar-refractivity contribution in [1.82, 2.24) is 4.90 Å². The lowest BCUT2D eigenvalue weighted by Gasteiger charge is -2.32. The molecule has 0 aliphatic carbocycles. The topological polar surface area (TPSA) is 57.2 Å². The van der Waals surface area contributed by atoms with Crippen molar-refractivity contribution in [2.75, 3.05) is 46.6 Å². The summed E-state index contributed by atoms with van der Waals surface area (Å²) in [4.78, 5) is 13.5. The van der Waals surface area contributed by atoms with Gasteiger partial charge in [0.05, 0.1) is 26.9 Å². The Hall–Kier alpha value is -1.79. The van der Waals surface area contributed by atoms with Crippen LogP contribution < -0.4 is 9.47 Å². The molecule has 0 aromatic heterocycles. The van der Waals surface area contributed by atoms with E-state index in [-0.39, 0.29) is 12.1 Å². The summed E-state index contributed by atoms with van der Waals surface area (Å²) >= 11 is 0. The standard InChI is InChI=1S/C16H23NO5/c1-3-20-16(18)11-17-7-8-21-15(10-17)12-22-14-6-4-5-13(9-14)19-2/h4-6,9,15H,3,7-8,10-12H2,1-2H3/t15-/m1/s1. The number of nitrogens with zero attached hydrogens (tertiary/aromatic N) is 1. The van der Waals surface area contributed by atoms with E-state index in [2.05, 4.69) is 0 Å². The normalized spacial score (nSPS) is 18.7. The van der Waals surface area contributed by atoms with Crippen molar-refractivity contribution in [3.63, 3.8) is 0 Å². The van der Waals surface area contributed by atoms with Crippen LogP contribution in [0.4, 0.5) is 0 Å². The van der Waals surface area contributed by atoms with Gasteiger partial charge in [0, 0.05) is 19.2 Å². The zero-order valence-corrected chi connectivity index (χ0v) is 13.1. The van der Waals surface area contributed by atoms with Crippen molar-refractivity contribution in [2.45, 2.75) is 13.0 Å². The van der Waals surface area contributed by atoms with Crippen molar-refractivity contribution in [3.05, 3.63) is 24.3 Å². The summed E-state index contributed by atoms with van der Waals surface area (Å²) in [6, 6.07) is 7.45. The number of carbonyl (C=O) groups is 1. The smallest absolute Gasteiger partial charge is 0.320 e. The van der Waals surface area contributed by atoms with E-state index in [1.165, 1.54) is 0 Å². The Balaban J connectivity index is 1.78. The number of hydrogen-bond donors (Lipinski definition) is 0. The highest BCUT2D eigenvalue weighted by Crippen LogP contribution is 2.19. The molecule has 0 spiro atoms. The average Bonchev–Trinajstić information content (AvgIpc) is 2.54. The number of methoxy groups -OCH3 is 1. The number of esters is 1. The maximum absolute atomic E-state index is 11.5. The number of carbonyl (C=O) groups excluding carboxylic acids is 1. The zero-order valence-electron chi connectivity index (χ0n) is 13.1. The molecule has 122 valence electrons. The van der Waals surface area contributed by atoms with Gasteiger partial charge in [-0.2, -0.15) is 0 Å². The Labute approximate surface area is 130 Å². The average molecular weight is 309 g/mol. The lowest BCUT2D eigenvalue weighted by molar-refractivity contribution is -0.146. The van der Waals surface area contributed by atoms with Crippen LogP contribution in [-0.2, 0) is 14.3 Å². The molecule has 0 amide bonds. The van der Waals surface area contributed by atoms with E-state index >= 15 is 0 Å². The highest BCUT2D eigenvalue weighted by molar-refractivity contribution is 5.71. The van der Waals surface area contributed by atoms with Crippen molar-refractivity contribution in [1.29, 1.82) is 0 Å². The molecule has 1 aromatic carbocycles. The molecule has 22 heavy (non-hydrogen) atoms. The molecule has 1 aliphatic heterocycles. The van der Waals surface area contributed by atoms with Crippen LogP contribution in [0.15, 0.2) is 24.3 Å². The fourth-order valence-corrected chi connectivity index (χ4v) is 2.29. The largest absolute Gasteiger partial charge is 0.497 e. The third-order valence-electron chi connectivity index (χ3n) is 3.36. The fourth-order valence-electron chi connectivity index (χ4n) is 2.29. The van der Waals surface area contributed by atoms with Gasteiger partial charge in [0.15, 0.2) is 0 Å². The summed E-state index contributed by atoms with van der Waals surface area (Å²) in [6.07, 6.45) is -0.0608. The third kappa shape index (κ3) is 5.20. The third-order valence-corrected chi connectivity index (χ3v) is 3.36. The number of hydrogen-bond acceptors (Lipinski definition) is 6. The number of benzene rings is 1. The van der Waals surface area contributed by atoms with E-state index in [0.717, 1.165) is 18.0 Å². The molecule has 0 saturated carbocycles. The van der Waals surface area contributed by atoms with Gasteiger partial charge < -0.3 is 18.9 Å². The predicted octanol–water partition coefficient (Wildman–Crippen LogP) is 1.34. The Morgan fingerprint density at radius 3 is 3.00 bits per heavy atom. The van der Waals surface area contributed by atoms with Crippen LogP contribution in [0.25, 0.3) is 0 Å². The lowest BCUT2D eigenvalue weighted by Crippen LogP contribution is -2.47. The quantitative estimate of drug-likeness (QED) is 0.709. The van der Waals surface area contributed by atoms with E-state index in [0.29, 0.717) is 32.9 Å². The first-order chi connectivity index (χ1) is 10.7. The molecule has 6 nitrogen and oxygen atoms in total. The number of morpholine rings is 1. The van der Waals surface area contributed by atoms with E-state index in [4.69, 9.17) is 18.9 Å². The van der Waals surface area contributed by atoms with Crippen molar-refractivity contribution < 1.29 is 23.7 Å². The van der Waals surface area contributed by atoms with Gasteiger partial charge >= 0.3 is 5.97 Å². The first kappa shape index (κ1) is 16.6. The second-order valence-corrected chi connectivity index (χ2v) is 5.02. The van der Waals surface area contributed by atoms with Gasteiger partial charge in [-0.3, -0.25) is 9.69 Å². The highest BCUT2D eigenvalue weighted by Gasteiger charge is 2.23. The van der Waals surface area contributed by atoms with Gasteiger partial charge in [-0.25, -0.2) is 0 Å². The van der Waals surface area contributed by atoms with Crippen molar-refractivity contribution in [2.24, 2.45) is 0 Å². The molecular formula is C16H23NO5. The molecule has 6 heteroatoms. The van der Waals surface area contributed by atoms with Crippen LogP contribution in [0.2, 0.25) is 0 Å². The van der Waals surface area contributed by atoms with Crippen LogP contribution in [0.1, 0.15) is 6.92 Å². The minimum atomic E-state index is -0.197. The summed E-state index contributed by atoms with van der Waals surface area (Å²) in [7, 11) is 1.62. The molecule has 1 fully saturated rings. The maximum atomic E-state index is 11.5. The Kier molecular flexibility index (Phi) is 6.48. The van der Waals surface area contributed by atoms with Crippen LogP contribution in [-0.4, -0.2) is 63.5 Å². The number of ether oxygens (including phenoxy) is 4. The van der Waals surface area contributed by atoms with Gasteiger partial charge in [-0.1, -0.05) is 6.07 Å². The molecular weight excluding hydrogens is 286 g/mol. The van der Waals surface area contributed by atoms with E-state index < -0.39 is 0 Å². The zero-order chi connectivity index (χ0) is 15.8. The highest BCUT2D eigenvalue weighted by atomic mass is 16.5. The second kappa shape index (κ2) is 8.60. The number of rotatable bonds is 7. The summed E-state index contributed by atoms with van der Waals surface area (Å²) < 4.78 is 21.5. The van der Waals surface area contributed by atoms with Gasteiger partial charge in [-0.15, -0.1) is 0 Å². The van der Waals surface area contributed by atoms with Crippen molar-refractivity contribution in [3.8, 4) is 11.5 Å². The fraction of sp³-hybridized carbons (Fsp3) is 0.562. The monoisotopic (exact) mass is 309 g/mol. The summed E-state index contributed by atoms with van der Waals surface area (Å²) in [5.74, 6) is 1.30. The van der Waals surface area contributed by atoms with Gasteiger partial charge in [0.1, 0.15) is 24.2 Å². The Bertz CT molecular complexity index is 479. The van der Waals surface area contributed by atoms with Crippen LogP contribution in [0.5, 0.6) is 11.5 Å². The molecule has 0 bridgehead atoms. The predicted molar refractivity (Wildman–Crippen MR) is 81.3 cm³/mol. The van der Waals surface area contributed by atoms with Crippen LogP contribution >= 0.6 is 0 Å². The second-order valence-electron chi connectivity index (χ2n) is 5.02. The molecule has 1 saturated heterocycles. The SMILES string of the molecule is CCOC(=O)CN1CCO[C@@H](COc2cccc(OC)c2)C1. The van der Waals surface area contributed by atoms with Gasteiger partial charge in [0.2, 0.25) is 0 Å². The lowest BCUT2D eigenvalue weighted by atomic mass is 10.2. The Morgan fingerprint density at radius 2 is 2.23 bits per heavy atom. The van der Waals surface area contributed by atoms with E-state index in [1.807, 2.05) is 36.1 Å². The minimum absolute atomic E-state index is 0.0608. The molecule has 2 rings (SSSR count). The Morgan fingerprint density at radius 1 is 1.41 bits per heavy atom. The molecule has 0 N–H and O–H groups in total. The summed E-state index contributed by atoms with van der Waals surface area (Å²) in [5, 5.41) is 0. The van der Waals surface area contributed by atoms with E-state index in [1.54, 1.807) is 7.11 Å². The summed E-state index contributed by atoms with van der Waals surface area (Å²) in [6.45, 7) is 4.93. The minimum Gasteiger partial charge on any atom is -0.497 e. The summed E-state index contributed by atoms with van der Waals surface area (Å²) in [5.41, 5.74) is 0. The molecule has 1 heterocycles. The van der Waals surface area contributed by atoms with Crippen LogP contribution in [0.3, 0.4) is 0 Å². The molecule has 1 aromatic rings. The van der Waals surface area contributed by atoms with Crippen LogP contribution in [0, 0.1) is 0 Å². The maximum Gasteiger partial charge on any atom is 0.320 e. The molecule has 0 radical (unpaired) electrons. The van der Waals surface area contributed by atoms with Gasteiger partial charge in [0.25, 0.3) is 0 Å².